The molecular formula is C16H24FNS. The maximum atomic E-state index is 12.8. The monoisotopic (exact) mass is 281 g/mol. The summed E-state index contributed by atoms with van der Waals surface area (Å²) < 4.78 is 12.8. The van der Waals surface area contributed by atoms with Crippen LogP contribution in [-0.4, -0.2) is 11.8 Å². The fourth-order valence-electron chi connectivity index (χ4n) is 2.88. The van der Waals surface area contributed by atoms with Crippen LogP contribution in [-0.2, 0) is 0 Å². The molecule has 0 radical (unpaired) electrons. The molecule has 0 aromatic heterocycles. The van der Waals surface area contributed by atoms with E-state index in [1.807, 2.05) is 12.1 Å². The number of nitrogens with two attached hydrogens (primary N) is 1. The van der Waals surface area contributed by atoms with Crippen LogP contribution in [0.15, 0.2) is 29.2 Å². The van der Waals surface area contributed by atoms with Gasteiger partial charge in [-0.1, -0.05) is 26.2 Å². The molecule has 0 aliphatic heterocycles. The minimum absolute atomic E-state index is 0.175. The molecule has 1 aliphatic rings. The third kappa shape index (κ3) is 4.50. The van der Waals surface area contributed by atoms with Gasteiger partial charge in [-0.2, -0.15) is 0 Å². The van der Waals surface area contributed by atoms with Gasteiger partial charge in [-0.15, -0.1) is 11.8 Å². The minimum Gasteiger partial charge on any atom is -0.327 e. The number of thioether (sulfide) groups is 1. The molecule has 0 bridgehead atoms. The number of hydrogen-bond acceptors (Lipinski definition) is 2. The Labute approximate surface area is 120 Å². The zero-order valence-corrected chi connectivity index (χ0v) is 12.5. The summed E-state index contributed by atoms with van der Waals surface area (Å²) in [7, 11) is 0. The molecule has 1 saturated carbocycles. The lowest BCUT2D eigenvalue weighted by atomic mass is 9.78. The van der Waals surface area contributed by atoms with E-state index in [9.17, 15) is 4.39 Å². The molecule has 3 heteroatoms. The second kappa shape index (κ2) is 7.30. The fourth-order valence-corrected chi connectivity index (χ4v) is 3.87. The second-order valence-corrected chi connectivity index (χ2v) is 6.71. The normalized spacial score (nSPS) is 25.2. The van der Waals surface area contributed by atoms with Crippen molar-refractivity contribution in [2.24, 2.45) is 17.6 Å². The zero-order chi connectivity index (χ0) is 13.7. The van der Waals surface area contributed by atoms with Gasteiger partial charge in [0, 0.05) is 16.7 Å². The molecule has 0 amide bonds. The Hall–Kier alpha value is -0.540. The Morgan fingerprint density at radius 3 is 2.42 bits per heavy atom. The molecule has 0 spiro atoms. The smallest absolute Gasteiger partial charge is 0.123 e. The summed E-state index contributed by atoms with van der Waals surface area (Å²) >= 11 is 1.75. The lowest BCUT2D eigenvalue weighted by molar-refractivity contribution is 0.247. The Kier molecular flexibility index (Phi) is 5.71. The summed E-state index contributed by atoms with van der Waals surface area (Å²) in [5.74, 6) is 2.36. The van der Waals surface area contributed by atoms with Crippen LogP contribution in [0.5, 0.6) is 0 Å². The fraction of sp³-hybridized carbons (Fsp3) is 0.625. The molecular weight excluding hydrogens is 257 g/mol. The van der Waals surface area contributed by atoms with E-state index in [0.29, 0.717) is 5.92 Å². The molecule has 1 aromatic rings. The van der Waals surface area contributed by atoms with Crippen LogP contribution in [0.25, 0.3) is 0 Å². The van der Waals surface area contributed by atoms with Gasteiger partial charge in [0.15, 0.2) is 0 Å². The van der Waals surface area contributed by atoms with Crippen molar-refractivity contribution in [2.75, 3.05) is 5.75 Å². The summed E-state index contributed by atoms with van der Waals surface area (Å²) in [6, 6.07) is 6.97. The van der Waals surface area contributed by atoms with Gasteiger partial charge < -0.3 is 5.73 Å². The summed E-state index contributed by atoms with van der Waals surface area (Å²) in [6.45, 7) is 2.29. The van der Waals surface area contributed by atoms with Crippen molar-refractivity contribution < 1.29 is 4.39 Å². The van der Waals surface area contributed by atoms with Gasteiger partial charge in [-0.3, -0.25) is 0 Å². The van der Waals surface area contributed by atoms with Gasteiger partial charge in [0.25, 0.3) is 0 Å². The molecule has 106 valence electrons. The van der Waals surface area contributed by atoms with Crippen LogP contribution < -0.4 is 5.73 Å². The predicted molar refractivity (Wildman–Crippen MR) is 80.8 cm³/mol. The molecule has 2 N–H and O–H groups in total. The van der Waals surface area contributed by atoms with Gasteiger partial charge >= 0.3 is 0 Å². The third-order valence-corrected chi connectivity index (χ3v) is 5.49. The Morgan fingerprint density at radius 2 is 1.84 bits per heavy atom. The molecule has 1 nitrogen and oxygen atoms in total. The number of benzene rings is 1. The molecule has 0 heterocycles. The number of halogens is 1. The molecule has 1 unspecified atom stereocenters. The highest BCUT2D eigenvalue weighted by Gasteiger charge is 2.24. The van der Waals surface area contributed by atoms with Crippen molar-refractivity contribution in [1.82, 2.24) is 0 Å². The van der Waals surface area contributed by atoms with E-state index < -0.39 is 0 Å². The Morgan fingerprint density at radius 1 is 1.21 bits per heavy atom. The molecule has 2 rings (SSSR count). The van der Waals surface area contributed by atoms with Crippen LogP contribution >= 0.6 is 11.8 Å². The summed E-state index contributed by atoms with van der Waals surface area (Å²) in [5.41, 5.74) is 6.32. The van der Waals surface area contributed by atoms with Crippen molar-refractivity contribution in [2.45, 2.75) is 50.0 Å². The van der Waals surface area contributed by atoms with Crippen molar-refractivity contribution in [3.8, 4) is 0 Å². The van der Waals surface area contributed by atoms with E-state index in [4.69, 9.17) is 5.73 Å². The zero-order valence-electron chi connectivity index (χ0n) is 11.6. The first kappa shape index (κ1) is 14.9. The molecule has 1 aliphatic carbocycles. The molecule has 0 saturated heterocycles. The standard InChI is InChI=1S/C16H24FNS/c1-2-12-3-5-13(6-4-12)16(18)11-19-15-9-7-14(17)8-10-15/h7-10,12-13,16H,2-6,11,18H2,1H3. The predicted octanol–water partition coefficient (Wildman–Crippen LogP) is 4.46. The highest BCUT2D eigenvalue weighted by Crippen LogP contribution is 2.33. The lowest BCUT2D eigenvalue weighted by Crippen LogP contribution is -2.35. The van der Waals surface area contributed by atoms with E-state index >= 15 is 0 Å². The SMILES string of the molecule is CCC1CCC(C(N)CSc2ccc(F)cc2)CC1. The van der Waals surface area contributed by atoms with Crippen LogP contribution in [0.1, 0.15) is 39.0 Å². The average molecular weight is 281 g/mol. The molecule has 1 fully saturated rings. The molecule has 19 heavy (non-hydrogen) atoms. The van der Waals surface area contributed by atoms with Crippen LogP contribution in [0.3, 0.4) is 0 Å². The molecule has 1 aromatic carbocycles. The van der Waals surface area contributed by atoms with Gasteiger partial charge in [-0.25, -0.2) is 4.39 Å². The summed E-state index contributed by atoms with van der Waals surface area (Å²) in [5, 5.41) is 0. The maximum absolute atomic E-state index is 12.8. The highest BCUT2D eigenvalue weighted by molar-refractivity contribution is 7.99. The van der Waals surface area contributed by atoms with Gasteiger partial charge in [0.05, 0.1) is 0 Å². The Bertz CT molecular complexity index is 371. The van der Waals surface area contributed by atoms with Crippen LogP contribution in [0.4, 0.5) is 4.39 Å². The van der Waals surface area contributed by atoms with E-state index in [0.717, 1.165) is 16.6 Å². The van der Waals surface area contributed by atoms with Gasteiger partial charge in [0.2, 0.25) is 0 Å². The van der Waals surface area contributed by atoms with Crippen LogP contribution in [0, 0.1) is 17.7 Å². The quantitative estimate of drug-likeness (QED) is 0.806. The first-order chi connectivity index (χ1) is 9.19. The second-order valence-electron chi connectivity index (χ2n) is 5.62. The maximum Gasteiger partial charge on any atom is 0.123 e. The Balaban J connectivity index is 1.75. The van der Waals surface area contributed by atoms with Crippen molar-refractivity contribution >= 4 is 11.8 Å². The van der Waals surface area contributed by atoms with Crippen molar-refractivity contribution in [1.29, 1.82) is 0 Å². The summed E-state index contributed by atoms with van der Waals surface area (Å²) in [4.78, 5) is 1.11. The first-order valence-corrected chi connectivity index (χ1v) is 8.31. The third-order valence-electron chi connectivity index (χ3n) is 4.33. The van der Waals surface area contributed by atoms with Gasteiger partial charge in [-0.05, 0) is 48.9 Å². The number of hydrogen-bond donors (Lipinski definition) is 1. The average Bonchev–Trinajstić information content (AvgIpc) is 2.46. The first-order valence-electron chi connectivity index (χ1n) is 7.33. The number of rotatable bonds is 5. The minimum atomic E-state index is -0.175. The van der Waals surface area contributed by atoms with E-state index in [-0.39, 0.29) is 11.9 Å². The van der Waals surface area contributed by atoms with E-state index in [1.54, 1.807) is 11.8 Å². The topological polar surface area (TPSA) is 26.0 Å². The highest BCUT2D eigenvalue weighted by atomic mass is 32.2. The van der Waals surface area contributed by atoms with Crippen LogP contribution in [0.2, 0.25) is 0 Å². The largest absolute Gasteiger partial charge is 0.327 e. The van der Waals surface area contributed by atoms with Crippen molar-refractivity contribution in [3.63, 3.8) is 0 Å². The van der Waals surface area contributed by atoms with Crippen molar-refractivity contribution in [3.05, 3.63) is 30.1 Å². The lowest BCUT2D eigenvalue weighted by Gasteiger charge is -2.31. The van der Waals surface area contributed by atoms with E-state index in [1.165, 1.54) is 44.2 Å². The van der Waals surface area contributed by atoms with E-state index in [2.05, 4.69) is 6.92 Å². The molecule has 1 atom stereocenters. The van der Waals surface area contributed by atoms with Gasteiger partial charge in [0.1, 0.15) is 5.82 Å². The summed E-state index contributed by atoms with van der Waals surface area (Å²) in [6.07, 6.45) is 6.56.